The number of benzene rings is 3. The lowest BCUT2D eigenvalue weighted by atomic mass is 9.93. The molecule has 0 aliphatic rings. The lowest BCUT2D eigenvalue weighted by Gasteiger charge is -2.24. The maximum Gasteiger partial charge on any atom is 0.365 e. The van der Waals surface area contributed by atoms with Crippen LogP contribution in [0.1, 0.15) is 27.7 Å². The molecule has 0 spiro atoms. The van der Waals surface area contributed by atoms with Gasteiger partial charge >= 0.3 is 5.97 Å². The van der Waals surface area contributed by atoms with E-state index in [1.165, 1.54) is 0 Å². The van der Waals surface area contributed by atoms with Gasteiger partial charge in [-0.15, -0.1) is 0 Å². The van der Waals surface area contributed by atoms with Gasteiger partial charge in [0.05, 0.1) is 24.4 Å². The third kappa shape index (κ3) is 8.31. The van der Waals surface area contributed by atoms with Gasteiger partial charge in [0, 0.05) is 28.1 Å². The molecule has 0 saturated heterocycles. The summed E-state index contributed by atoms with van der Waals surface area (Å²) in [6.45, 7) is 7.03. The molecule has 3 aromatic carbocycles. The highest BCUT2D eigenvalue weighted by molar-refractivity contribution is 7.93. The summed E-state index contributed by atoms with van der Waals surface area (Å²) in [6.07, 6.45) is 0. The molecular weight excluding hydrogens is 575 g/mol. The topological polar surface area (TPSA) is 134 Å². The van der Waals surface area contributed by atoms with E-state index < -0.39 is 27.4 Å². The molecule has 9 nitrogen and oxygen atoms in total. The van der Waals surface area contributed by atoms with Gasteiger partial charge in [0.25, 0.3) is 10.0 Å². The largest absolute Gasteiger partial charge is 1.00 e. The zero-order chi connectivity index (χ0) is 28.3. The van der Waals surface area contributed by atoms with Gasteiger partial charge in [-0.2, -0.15) is 0 Å². The third-order valence-corrected chi connectivity index (χ3v) is 7.84. The number of nitrogens with one attached hydrogen (secondary N) is 3. The molecule has 6 N–H and O–H groups in total. The molecule has 220 valence electrons. The van der Waals surface area contributed by atoms with Crippen molar-refractivity contribution in [3.8, 4) is 0 Å². The van der Waals surface area contributed by atoms with Crippen molar-refractivity contribution < 1.29 is 58.2 Å². The molecule has 1 atom stereocenters. The highest BCUT2D eigenvalue weighted by Gasteiger charge is 2.32. The van der Waals surface area contributed by atoms with Gasteiger partial charge in [-0.1, -0.05) is 32.0 Å². The number of rotatable bonds is 10. The van der Waals surface area contributed by atoms with E-state index in [0.717, 1.165) is 16.0 Å². The Balaban J connectivity index is 0.00000400. The smallest absolute Gasteiger partial charge is 0.365 e. The molecule has 0 aromatic heterocycles. The van der Waals surface area contributed by atoms with Gasteiger partial charge in [0.1, 0.15) is 12.3 Å². The fourth-order valence-corrected chi connectivity index (χ4v) is 5.06. The molecule has 0 radical (unpaired) electrons. The van der Waals surface area contributed by atoms with Crippen LogP contribution >= 0.6 is 0 Å². The lowest BCUT2D eigenvalue weighted by molar-refractivity contribution is -0.785. The van der Waals surface area contributed by atoms with Gasteiger partial charge in [0.15, 0.2) is 6.04 Å². The summed E-state index contributed by atoms with van der Waals surface area (Å²) >= 11 is 0. The van der Waals surface area contributed by atoms with E-state index in [0.29, 0.717) is 16.8 Å². The van der Waals surface area contributed by atoms with Gasteiger partial charge in [0.2, 0.25) is 5.91 Å². The summed E-state index contributed by atoms with van der Waals surface area (Å²) in [5.74, 6) is -0.742. The molecule has 1 amide bonds. The first-order valence-electron chi connectivity index (χ1n) is 12.5. The minimum absolute atomic E-state index is 0. The van der Waals surface area contributed by atoms with Crippen LogP contribution in [0.25, 0.3) is 10.8 Å². The Kier molecular flexibility index (Phi) is 12.4. The Morgan fingerprint density at radius 1 is 0.925 bits per heavy atom. The average Bonchev–Trinajstić information content (AvgIpc) is 2.86. The van der Waals surface area contributed by atoms with Crippen molar-refractivity contribution in [2.45, 2.75) is 38.6 Å². The lowest BCUT2D eigenvalue weighted by Crippen LogP contribution is -3.00. The van der Waals surface area contributed by atoms with Gasteiger partial charge in [-0.3, -0.25) is 9.52 Å². The molecule has 0 fully saturated rings. The summed E-state index contributed by atoms with van der Waals surface area (Å²) in [5, 5.41) is 4.31. The second-order valence-corrected chi connectivity index (χ2v) is 12.3. The Morgan fingerprint density at radius 3 is 2.05 bits per heavy atom. The highest BCUT2D eigenvalue weighted by atomic mass is 35.5. The Labute approximate surface area is 248 Å². The number of hydrogen-bond donors (Lipinski definition) is 4. The van der Waals surface area contributed by atoms with E-state index in [-0.39, 0.29) is 48.1 Å². The first-order chi connectivity index (χ1) is 17.7. The Morgan fingerprint density at radius 2 is 1.48 bits per heavy atom. The first-order valence-corrected chi connectivity index (χ1v) is 14.0. The fourth-order valence-electron chi connectivity index (χ4n) is 3.78. The second-order valence-electron chi connectivity index (χ2n) is 10.6. The van der Waals surface area contributed by atoms with Crippen LogP contribution in [0.5, 0.6) is 0 Å². The summed E-state index contributed by atoms with van der Waals surface area (Å²) in [4.78, 5) is 26.2. The van der Waals surface area contributed by atoms with Crippen molar-refractivity contribution >= 4 is 49.7 Å². The molecule has 0 saturated carbocycles. The fraction of sp³-hybridized carbons (Fsp3) is 0.357. The van der Waals surface area contributed by atoms with Crippen molar-refractivity contribution in [1.29, 1.82) is 0 Å². The Bertz CT molecular complexity index is 1430. The van der Waals surface area contributed by atoms with Crippen molar-refractivity contribution in [3.05, 3.63) is 60.7 Å². The van der Waals surface area contributed by atoms with Gasteiger partial charge in [-0.05, 0) is 56.3 Å². The number of quaternary nitrogens is 2. The molecule has 12 heteroatoms. The average molecular weight is 614 g/mol. The zero-order valence-corrected chi connectivity index (χ0v) is 25.9. The predicted molar refractivity (Wildman–Crippen MR) is 149 cm³/mol. The van der Waals surface area contributed by atoms with Crippen LogP contribution in [0, 0.1) is 11.3 Å². The molecule has 0 heterocycles. The molecule has 0 aliphatic carbocycles. The van der Waals surface area contributed by atoms with Crippen LogP contribution < -0.4 is 45.5 Å². The summed E-state index contributed by atoms with van der Waals surface area (Å²) in [5.41, 5.74) is 4.67. The summed E-state index contributed by atoms with van der Waals surface area (Å²) in [7, 11) is 0.116. The van der Waals surface area contributed by atoms with Gasteiger partial charge < -0.3 is 45.5 Å². The maximum absolute atomic E-state index is 13.3. The van der Waals surface area contributed by atoms with Crippen LogP contribution in [0.15, 0.2) is 65.6 Å². The number of anilines is 2. The maximum atomic E-state index is 13.3. The van der Waals surface area contributed by atoms with Crippen LogP contribution in [0.4, 0.5) is 17.1 Å². The molecule has 0 unspecified atom stereocenters. The van der Waals surface area contributed by atoms with E-state index >= 15 is 0 Å². The van der Waals surface area contributed by atoms with Crippen LogP contribution in [-0.4, -0.2) is 47.0 Å². The third-order valence-electron chi connectivity index (χ3n) is 6.40. The molecule has 40 heavy (non-hydrogen) atoms. The first kappa shape index (κ1) is 35.1. The van der Waals surface area contributed by atoms with E-state index in [9.17, 15) is 18.0 Å². The van der Waals surface area contributed by atoms with E-state index in [4.69, 9.17) is 4.74 Å². The normalized spacial score (nSPS) is 12.3. The number of esters is 1. The molecule has 0 bridgehead atoms. The Hall–Kier alpha value is -2.89. The molecule has 3 rings (SSSR count). The zero-order valence-electron chi connectivity index (χ0n) is 23.5. The van der Waals surface area contributed by atoms with Gasteiger partial charge in [-0.25, -0.2) is 13.2 Å². The number of amides is 1. The quantitative estimate of drug-likeness (QED) is 0.174. The number of hydrogen-bond acceptors (Lipinski definition) is 5. The van der Waals surface area contributed by atoms with Crippen molar-refractivity contribution in [2.75, 3.05) is 30.7 Å². The van der Waals surface area contributed by atoms with Crippen LogP contribution in [-0.2, 0) is 24.3 Å². The van der Waals surface area contributed by atoms with Crippen molar-refractivity contribution in [2.24, 2.45) is 11.3 Å². The summed E-state index contributed by atoms with van der Waals surface area (Å²) in [6, 6.07) is 16.7. The number of sulfonamides is 1. The molecule has 3 aromatic rings. The minimum Gasteiger partial charge on any atom is -1.00 e. The number of ether oxygens (including phenoxy) is 1. The molecule has 0 aliphatic heterocycles. The second kappa shape index (κ2) is 14.1. The minimum atomic E-state index is -3.87. The van der Waals surface area contributed by atoms with Crippen molar-refractivity contribution in [1.82, 2.24) is 0 Å². The van der Waals surface area contributed by atoms with E-state index in [1.54, 1.807) is 56.3 Å². The number of carbonyl (C=O) groups is 2. The monoisotopic (exact) mass is 612 g/mol. The van der Waals surface area contributed by atoms with E-state index in [2.05, 4.69) is 15.8 Å². The summed E-state index contributed by atoms with van der Waals surface area (Å²) < 4.78 is 34.5. The molecular formula is C28H38Cl2N4O5S. The van der Waals surface area contributed by atoms with Crippen LogP contribution in [0.2, 0.25) is 0 Å². The standard InChI is InChI=1S/C28H36N4O5S.2ClH/c1-18(2)25(29)26(33)37-17-28(3,4)27(34)30-19-13-15-20(16-14-19)31-38(35,36)24-12-8-9-21-22(24)10-7-11-23(21)32(5)6;;/h7-16,18,25,31H,17,29H2,1-6H3,(H,30,34);2*1H/t25-;;/m0../s1. The number of carbonyl (C=O) groups excluding carboxylic acids is 2. The number of halogens is 2. The van der Waals surface area contributed by atoms with E-state index in [1.807, 2.05) is 46.1 Å². The van der Waals surface area contributed by atoms with Crippen LogP contribution in [0.3, 0.4) is 0 Å². The number of fused-ring (bicyclic) bond motifs is 1. The van der Waals surface area contributed by atoms with Crippen molar-refractivity contribution in [3.63, 3.8) is 0 Å². The SMILES string of the molecule is CC(C)[C@H]([NH3+])C(=O)OCC(C)(C)C(=O)Nc1ccc(NS(=O)(=O)c2cccc3c([NH+](C)C)cccc23)cc1.[Cl-].[Cl-]. The predicted octanol–water partition coefficient (Wildman–Crippen LogP) is -3.80. The highest BCUT2D eigenvalue weighted by Crippen LogP contribution is 2.29.